The minimum Gasteiger partial charge on any atom is -0.465 e. The van der Waals surface area contributed by atoms with E-state index >= 15 is 0 Å². The van der Waals surface area contributed by atoms with E-state index in [1.807, 2.05) is 34.8 Å². The summed E-state index contributed by atoms with van der Waals surface area (Å²) in [4.78, 5) is 12.2. The molecule has 0 fully saturated rings. The summed E-state index contributed by atoms with van der Waals surface area (Å²) in [5, 5.41) is 4.89. The maximum Gasteiger partial charge on any atom is 0.337 e. The zero-order valence-electron chi connectivity index (χ0n) is 17.4. The highest BCUT2D eigenvalue weighted by atomic mass is 32.2. The monoisotopic (exact) mass is 416 g/mol. The van der Waals surface area contributed by atoms with Gasteiger partial charge in [-0.25, -0.2) is 9.31 Å². The number of hydrogen-bond donors (Lipinski definition) is 0. The molecule has 4 rings (SSSR count). The molecule has 0 aliphatic heterocycles. The van der Waals surface area contributed by atoms with Crippen molar-refractivity contribution in [2.45, 2.75) is 19.1 Å². The predicted octanol–water partition coefficient (Wildman–Crippen LogP) is 5.55. The van der Waals surface area contributed by atoms with Crippen LogP contribution in [0.4, 0.5) is 0 Å². The van der Waals surface area contributed by atoms with E-state index in [2.05, 4.69) is 49.7 Å². The summed E-state index contributed by atoms with van der Waals surface area (Å²) >= 11 is 1.74. The van der Waals surface area contributed by atoms with E-state index in [1.54, 1.807) is 11.8 Å². The highest BCUT2D eigenvalue weighted by Crippen LogP contribution is 2.29. The van der Waals surface area contributed by atoms with Gasteiger partial charge in [0.15, 0.2) is 0 Å². The van der Waals surface area contributed by atoms with Crippen LogP contribution >= 0.6 is 11.8 Å². The highest BCUT2D eigenvalue weighted by Gasteiger charge is 2.17. The van der Waals surface area contributed by atoms with Crippen molar-refractivity contribution in [3.05, 3.63) is 94.7 Å². The fraction of sp³-hybridized carbons (Fsp3) is 0.200. The lowest BCUT2D eigenvalue weighted by molar-refractivity contribution is 0.0600. The van der Waals surface area contributed by atoms with Gasteiger partial charge in [0.05, 0.1) is 23.9 Å². The van der Waals surface area contributed by atoms with Crippen LogP contribution in [-0.2, 0) is 16.9 Å². The number of carbonyl (C=O) groups excluding carboxylic acids is 1. The molecule has 0 spiro atoms. The fourth-order valence-electron chi connectivity index (χ4n) is 3.76. The number of methoxy groups -OCH3 is 1. The molecule has 0 bridgehead atoms. The first-order valence-corrected chi connectivity index (χ1v) is 11.2. The van der Waals surface area contributed by atoms with Crippen molar-refractivity contribution in [3.8, 4) is 11.3 Å². The van der Waals surface area contributed by atoms with Crippen LogP contribution in [0.3, 0.4) is 0 Å². The second kappa shape index (κ2) is 8.76. The van der Waals surface area contributed by atoms with Gasteiger partial charge in [0.2, 0.25) is 0 Å². The molecule has 0 aliphatic carbocycles. The number of rotatable bonds is 6. The molecule has 30 heavy (non-hydrogen) atoms. The third-order valence-electron chi connectivity index (χ3n) is 5.09. The lowest BCUT2D eigenvalue weighted by Crippen LogP contribution is -2.04. The highest BCUT2D eigenvalue weighted by molar-refractivity contribution is 7.97. The van der Waals surface area contributed by atoms with Crippen molar-refractivity contribution in [2.75, 3.05) is 13.4 Å². The molecule has 0 aliphatic rings. The molecule has 152 valence electrons. The zero-order chi connectivity index (χ0) is 21.1. The van der Waals surface area contributed by atoms with Gasteiger partial charge in [0.1, 0.15) is 0 Å². The van der Waals surface area contributed by atoms with Crippen LogP contribution in [-0.4, -0.2) is 28.9 Å². The SMILES string of the molecule is COC(=O)c1cc(CSC)cc(Cc2c(-c3ccccc3)nn3cc(C)ccc23)c1. The van der Waals surface area contributed by atoms with E-state index in [4.69, 9.17) is 9.84 Å². The average Bonchev–Trinajstić information content (AvgIpc) is 3.11. The molecule has 0 saturated carbocycles. The summed E-state index contributed by atoms with van der Waals surface area (Å²) in [6.45, 7) is 2.07. The largest absolute Gasteiger partial charge is 0.465 e. The molecule has 0 saturated heterocycles. The van der Waals surface area contributed by atoms with Crippen molar-refractivity contribution >= 4 is 23.2 Å². The van der Waals surface area contributed by atoms with Crippen LogP contribution < -0.4 is 0 Å². The van der Waals surface area contributed by atoms with E-state index < -0.39 is 0 Å². The fourth-order valence-corrected chi connectivity index (χ4v) is 4.26. The molecule has 0 unspecified atom stereocenters. The minimum atomic E-state index is -0.307. The number of hydrogen-bond acceptors (Lipinski definition) is 4. The Labute approximate surface area is 180 Å². The van der Waals surface area contributed by atoms with Crippen LogP contribution in [0.2, 0.25) is 0 Å². The number of fused-ring (bicyclic) bond motifs is 1. The number of ether oxygens (including phenoxy) is 1. The van der Waals surface area contributed by atoms with Crippen LogP contribution in [0.1, 0.15) is 32.6 Å². The van der Waals surface area contributed by atoms with E-state index in [9.17, 15) is 4.79 Å². The van der Waals surface area contributed by atoms with Crippen LogP contribution in [0.15, 0.2) is 66.9 Å². The summed E-state index contributed by atoms with van der Waals surface area (Å²) in [6, 6.07) is 20.5. The van der Waals surface area contributed by atoms with Crippen LogP contribution in [0.5, 0.6) is 0 Å². The Morgan fingerprint density at radius 3 is 2.57 bits per heavy atom. The summed E-state index contributed by atoms with van der Waals surface area (Å²) in [5.74, 6) is 0.537. The van der Waals surface area contributed by atoms with Crippen molar-refractivity contribution in [3.63, 3.8) is 0 Å². The molecule has 2 heterocycles. The number of carbonyl (C=O) groups is 1. The molecule has 2 aromatic carbocycles. The average molecular weight is 417 g/mol. The number of thioether (sulfide) groups is 1. The lowest BCUT2D eigenvalue weighted by atomic mass is 9.97. The van der Waals surface area contributed by atoms with Crippen molar-refractivity contribution < 1.29 is 9.53 Å². The number of esters is 1. The van der Waals surface area contributed by atoms with Crippen molar-refractivity contribution in [1.29, 1.82) is 0 Å². The number of pyridine rings is 1. The van der Waals surface area contributed by atoms with Gasteiger partial charge < -0.3 is 4.74 Å². The Morgan fingerprint density at radius 2 is 1.83 bits per heavy atom. The quantitative estimate of drug-likeness (QED) is 0.387. The topological polar surface area (TPSA) is 43.6 Å². The Balaban J connectivity index is 1.85. The molecule has 4 nitrogen and oxygen atoms in total. The second-order valence-electron chi connectivity index (χ2n) is 7.37. The standard InChI is InChI=1S/C25H24N2O2S/c1-17-9-10-23-22(24(26-27(23)15-17)20-7-5-4-6-8-20)14-18-11-19(16-30-3)13-21(12-18)25(28)29-2/h4-13,15H,14,16H2,1-3H3. The Hall–Kier alpha value is -3.05. The first kappa shape index (κ1) is 20.2. The maximum atomic E-state index is 12.2. The lowest BCUT2D eigenvalue weighted by Gasteiger charge is -2.09. The summed E-state index contributed by atoms with van der Waals surface area (Å²) in [6.07, 6.45) is 4.80. The molecule has 0 atom stereocenters. The van der Waals surface area contributed by atoms with E-state index in [-0.39, 0.29) is 5.97 Å². The molecular formula is C25H24N2O2S. The second-order valence-corrected chi connectivity index (χ2v) is 8.24. The van der Waals surface area contributed by atoms with Gasteiger partial charge in [-0.15, -0.1) is 0 Å². The molecule has 0 amide bonds. The number of benzene rings is 2. The number of aryl methyl sites for hydroxylation is 1. The van der Waals surface area contributed by atoms with E-state index in [1.165, 1.54) is 7.11 Å². The molecule has 5 heteroatoms. The smallest absolute Gasteiger partial charge is 0.337 e. The summed E-state index contributed by atoms with van der Waals surface area (Å²) < 4.78 is 6.93. The maximum absolute atomic E-state index is 12.2. The van der Waals surface area contributed by atoms with Crippen molar-refractivity contribution in [2.24, 2.45) is 0 Å². The first-order chi connectivity index (χ1) is 14.6. The Kier molecular flexibility index (Phi) is 5.91. The van der Waals surface area contributed by atoms with Gasteiger partial charge >= 0.3 is 5.97 Å². The van der Waals surface area contributed by atoms with Gasteiger partial charge in [0, 0.05) is 29.5 Å². The van der Waals surface area contributed by atoms with E-state index in [0.29, 0.717) is 12.0 Å². The number of aromatic nitrogens is 2. The zero-order valence-corrected chi connectivity index (χ0v) is 18.2. The van der Waals surface area contributed by atoms with Crippen molar-refractivity contribution in [1.82, 2.24) is 9.61 Å². The third kappa shape index (κ3) is 4.12. The molecule has 0 N–H and O–H groups in total. The molecule has 0 radical (unpaired) electrons. The third-order valence-corrected chi connectivity index (χ3v) is 5.71. The Bertz CT molecular complexity index is 1200. The van der Waals surface area contributed by atoms with Crippen LogP contribution in [0, 0.1) is 6.92 Å². The van der Waals surface area contributed by atoms with Gasteiger partial charge in [-0.3, -0.25) is 0 Å². The summed E-state index contributed by atoms with van der Waals surface area (Å²) in [7, 11) is 1.42. The summed E-state index contributed by atoms with van der Waals surface area (Å²) in [5.41, 5.74) is 8.23. The molecule has 4 aromatic rings. The van der Waals surface area contributed by atoms with Gasteiger partial charge in [0.25, 0.3) is 0 Å². The van der Waals surface area contributed by atoms with E-state index in [0.717, 1.165) is 44.8 Å². The number of nitrogens with zero attached hydrogens (tertiary/aromatic N) is 2. The van der Waals surface area contributed by atoms with Crippen LogP contribution in [0.25, 0.3) is 16.8 Å². The molecule has 2 aromatic heterocycles. The molecular weight excluding hydrogens is 392 g/mol. The minimum absolute atomic E-state index is 0.307. The first-order valence-electron chi connectivity index (χ1n) is 9.82. The van der Waals surface area contributed by atoms with Gasteiger partial charge in [-0.05, 0) is 48.1 Å². The predicted molar refractivity (Wildman–Crippen MR) is 123 cm³/mol. The van der Waals surface area contributed by atoms with Gasteiger partial charge in [-0.2, -0.15) is 16.9 Å². The Morgan fingerprint density at radius 1 is 1.07 bits per heavy atom. The normalized spacial score (nSPS) is 11.0. The van der Waals surface area contributed by atoms with Gasteiger partial charge in [-0.1, -0.05) is 42.5 Å².